The van der Waals surface area contributed by atoms with Crippen LogP contribution in [0.4, 0.5) is 8.78 Å². The van der Waals surface area contributed by atoms with Crippen molar-refractivity contribution in [1.29, 1.82) is 0 Å². The molecule has 1 aromatic heterocycles. The van der Waals surface area contributed by atoms with E-state index in [9.17, 15) is 13.6 Å². The van der Waals surface area contributed by atoms with Crippen molar-refractivity contribution in [2.45, 2.75) is 52.3 Å². The Kier molecular flexibility index (Phi) is 7.23. The molecular weight excluding hydrogens is 446 g/mol. The van der Waals surface area contributed by atoms with E-state index in [-0.39, 0.29) is 29.9 Å². The van der Waals surface area contributed by atoms with Crippen LogP contribution in [-0.2, 0) is 17.8 Å². The highest BCUT2D eigenvalue weighted by Gasteiger charge is 2.33. The molecule has 0 N–H and O–H groups in total. The number of ether oxygens (including phenoxy) is 2. The molecule has 0 atom stereocenters. The molecule has 0 bridgehead atoms. The molecule has 3 aromatic rings. The van der Waals surface area contributed by atoms with Crippen molar-refractivity contribution in [2.75, 3.05) is 6.61 Å². The molecule has 8 heteroatoms. The van der Waals surface area contributed by atoms with E-state index < -0.39 is 6.61 Å². The third kappa shape index (κ3) is 6.07. The number of thiazole rings is 1. The zero-order valence-corrected chi connectivity index (χ0v) is 19.4. The molecule has 0 unspecified atom stereocenters. The summed E-state index contributed by atoms with van der Waals surface area (Å²) in [6.07, 6.45) is 2.15. The van der Waals surface area contributed by atoms with Crippen LogP contribution in [0.25, 0.3) is 10.6 Å². The van der Waals surface area contributed by atoms with Crippen LogP contribution in [0.5, 0.6) is 11.5 Å². The summed E-state index contributed by atoms with van der Waals surface area (Å²) < 4.78 is 35.4. The van der Waals surface area contributed by atoms with Gasteiger partial charge in [-0.25, -0.2) is 4.98 Å². The number of carbonyl (C=O) groups excluding carboxylic acids is 1. The highest BCUT2D eigenvalue weighted by Crippen LogP contribution is 2.33. The number of alkyl halides is 2. The van der Waals surface area contributed by atoms with Crippen LogP contribution in [0.3, 0.4) is 0 Å². The van der Waals surface area contributed by atoms with Crippen molar-refractivity contribution >= 4 is 17.2 Å². The number of rotatable bonds is 10. The van der Waals surface area contributed by atoms with Crippen molar-refractivity contribution in [2.24, 2.45) is 0 Å². The average molecular weight is 473 g/mol. The average Bonchev–Trinajstić information content (AvgIpc) is 3.51. The normalized spacial score (nSPS) is 13.2. The SMILES string of the molecule is CCOc1cc(CN(C(=O)Cc2csc(-c3cccc(C)c3)n2)C2CC2)ccc1OC(F)F. The third-order valence-electron chi connectivity index (χ3n) is 5.33. The van der Waals surface area contributed by atoms with E-state index in [0.717, 1.165) is 40.2 Å². The maximum Gasteiger partial charge on any atom is 0.387 e. The molecule has 1 fully saturated rings. The van der Waals surface area contributed by atoms with Crippen LogP contribution < -0.4 is 9.47 Å². The summed E-state index contributed by atoms with van der Waals surface area (Å²) in [5.74, 6) is 0.247. The Morgan fingerprint density at radius 3 is 2.73 bits per heavy atom. The highest BCUT2D eigenvalue weighted by molar-refractivity contribution is 7.13. The van der Waals surface area contributed by atoms with Crippen LogP contribution >= 0.6 is 11.3 Å². The number of aromatic nitrogens is 1. The summed E-state index contributed by atoms with van der Waals surface area (Å²) in [7, 11) is 0. The van der Waals surface area contributed by atoms with Gasteiger partial charge in [0.05, 0.1) is 18.7 Å². The van der Waals surface area contributed by atoms with E-state index in [4.69, 9.17) is 4.74 Å². The predicted molar refractivity (Wildman–Crippen MR) is 124 cm³/mol. The number of hydrogen-bond acceptors (Lipinski definition) is 5. The van der Waals surface area contributed by atoms with Crippen LogP contribution in [0, 0.1) is 6.92 Å². The number of halogens is 2. The topological polar surface area (TPSA) is 51.7 Å². The van der Waals surface area contributed by atoms with Crippen LogP contribution in [0.15, 0.2) is 47.8 Å². The van der Waals surface area contributed by atoms with Gasteiger partial charge in [0.15, 0.2) is 11.5 Å². The van der Waals surface area contributed by atoms with E-state index in [1.807, 2.05) is 35.4 Å². The van der Waals surface area contributed by atoms with Gasteiger partial charge in [-0.2, -0.15) is 8.78 Å². The van der Waals surface area contributed by atoms with Gasteiger partial charge < -0.3 is 14.4 Å². The first kappa shape index (κ1) is 23.2. The summed E-state index contributed by atoms with van der Waals surface area (Å²) in [5.41, 5.74) is 3.77. The van der Waals surface area contributed by atoms with Crippen LogP contribution in [-0.4, -0.2) is 35.1 Å². The van der Waals surface area contributed by atoms with Gasteiger partial charge >= 0.3 is 6.61 Å². The van der Waals surface area contributed by atoms with E-state index in [2.05, 4.69) is 15.8 Å². The molecule has 1 heterocycles. The van der Waals surface area contributed by atoms with Gasteiger partial charge in [0.25, 0.3) is 0 Å². The maximum atomic E-state index is 13.2. The van der Waals surface area contributed by atoms with Crippen molar-refractivity contribution in [3.63, 3.8) is 0 Å². The molecule has 5 nitrogen and oxygen atoms in total. The van der Waals surface area contributed by atoms with Gasteiger partial charge in [0.1, 0.15) is 5.01 Å². The fourth-order valence-electron chi connectivity index (χ4n) is 3.67. The van der Waals surface area contributed by atoms with Gasteiger partial charge in [-0.15, -0.1) is 11.3 Å². The Balaban J connectivity index is 1.47. The Hall–Kier alpha value is -3.00. The second-order valence-electron chi connectivity index (χ2n) is 8.04. The minimum Gasteiger partial charge on any atom is -0.490 e. The number of benzene rings is 2. The second kappa shape index (κ2) is 10.3. The van der Waals surface area contributed by atoms with Crippen molar-refractivity contribution < 1.29 is 23.0 Å². The quantitative estimate of drug-likeness (QED) is 0.371. The lowest BCUT2D eigenvalue weighted by atomic mass is 10.1. The number of aryl methyl sites for hydroxylation is 1. The van der Waals surface area contributed by atoms with E-state index in [1.54, 1.807) is 19.1 Å². The van der Waals surface area contributed by atoms with Crippen molar-refractivity contribution in [3.05, 3.63) is 64.7 Å². The maximum absolute atomic E-state index is 13.2. The Bertz CT molecular complexity index is 1110. The molecule has 0 aliphatic heterocycles. The Morgan fingerprint density at radius 2 is 2.03 bits per heavy atom. The van der Waals surface area contributed by atoms with Gasteiger partial charge in [-0.05, 0) is 50.5 Å². The zero-order valence-electron chi connectivity index (χ0n) is 18.6. The lowest BCUT2D eigenvalue weighted by Crippen LogP contribution is -2.33. The third-order valence-corrected chi connectivity index (χ3v) is 6.27. The number of nitrogens with zero attached hydrogens (tertiary/aromatic N) is 2. The van der Waals surface area contributed by atoms with Gasteiger partial charge in [0.2, 0.25) is 5.91 Å². The summed E-state index contributed by atoms with van der Waals surface area (Å²) in [6.45, 7) is 1.59. The van der Waals surface area contributed by atoms with E-state index >= 15 is 0 Å². The smallest absolute Gasteiger partial charge is 0.387 e. The number of hydrogen-bond donors (Lipinski definition) is 0. The Morgan fingerprint density at radius 1 is 1.21 bits per heavy atom. The molecule has 1 aliphatic carbocycles. The summed E-state index contributed by atoms with van der Waals surface area (Å²) in [4.78, 5) is 19.7. The molecule has 0 saturated heterocycles. The fraction of sp³-hybridized carbons (Fsp3) is 0.360. The summed E-state index contributed by atoms with van der Waals surface area (Å²) in [6, 6.07) is 13.2. The molecule has 4 rings (SSSR count). The first-order valence-corrected chi connectivity index (χ1v) is 11.8. The number of carbonyl (C=O) groups is 1. The largest absolute Gasteiger partial charge is 0.490 e. The first-order chi connectivity index (χ1) is 15.9. The van der Waals surface area contributed by atoms with Gasteiger partial charge in [0, 0.05) is 23.5 Å². The van der Waals surface area contributed by atoms with Crippen molar-refractivity contribution in [1.82, 2.24) is 9.88 Å². The molecule has 33 heavy (non-hydrogen) atoms. The molecule has 2 aromatic carbocycles. The standard InChI is InChI=1S/C25H26F2N2O3S/c1-3-31-22-12-17(7-10-21(22)32-25(26)27)14-29(20-8-9-20)23(30)13-19-15-33-24(28-19)18-6-4-5-16(2)11-18/h4-7,10-12,15,20,25H,3,8-9,13-14H2,1-2H3. The molecule has 1 aliphatic rings. The van der Waals surface area contributed by atoms with E-state index in [1.165, 1.54) is 17.4 Å². The Labute approximate surface area is 196 Å². The lowest BCUT2D eigenvalue weighted by Gasteiger charge is -2.23. The summed E-state index contributed by atoms with van der Waals surface area (Å²) >= 11 is 1.53. The van der Waals surface area contributed by atoms with Gasteiger partial charge in [-0.1, -0.05) is 29.8 Å². The molecule has 1 amide bonds. The second-order valence-corrected chi connectivity index (χ2v) is 8.89. The lowest BCUT2D eigenvalue weighted by molar-refractivity contribution is -0.131. The molecule has 1 saturated carbocycles. The molecular formula is C25H26F2N2O3S. The minimum atomic E-state index is -2.93. The summed E-state index contributed by atoms with van der Waals surface area (Å²) in [5, 5.41) is 2.83. The van der Waals surface area contributed by atoms with Crippen LogP contribution in [0.1, 0.15) is 36.6 Å². The monoisotopic (exact) mass is 472 g/mol. The van der Waals surface area contributed by atoms with Gasteiger partial charge in [-0.3, -0.25) is 4.79 Å². The zero-order chi connectivity index (χ0) is 23.4. The highest BCUT2D eigenvalue weighted by atomic mass is 32.1. The van der Waals surface area contributed by atoms with Crippen LogP contribution in [0.2, 0.25) is 0 Å². The minimum absolute atomic E-state index is 0.00413. The molecule has 0 radical (unpaired) electrons. The first-order valence-electron chi connectivity index (χ1n) is 10.9. The van der Waals surface area contributed by atoms with E-state index in [0.29, 0.717) is 13.2 Å². The fourth-order valence-corrected chi connectivity index (χ4v) is 4.49. The predicted octanol–water partition coefficient (Wildman–Crippen LogP) is 5.85. The molecule has 174 valence electrons. The molecule has 0 spiro atoms. The van der Waals surface area contributed by atoms with Crippen molar-refractivity contribution in [3.8, 4) is 22.1 Å². The number of amides is 1.